The highest BCUT2D eigenvalue weighted by Gasteiger charge is 2.28. The van der Waals surface area contributed by atoms with Crippen LogP contribution >= 0.6 is 0 Å². The number of rotatable bonds is 5. The Kier molecular flexibility index (Phi) is 5.43. The van der Waals surface area contributed by atoms with Crippen molar-refractivity contribution >= 4 is 16.8 Å². The Bertz CT molecular complexity index is 1090. The maximum Gasteiger partial charge on any atom is 0.261 e. The van der Waals surface area contributed by atoms with Crippen molar-refractivity contribution in [1.82, 2.24) is 14.9 Å². The van der Waals surface area contributed by atoms with E-state index in [0.29, 0.717) is 16.8 Å². The highest BCUT2D eigenvalue weighted by atomic mass is 19.1. The largest absolute Gasteiger partial charge is 0.347 e. The Morgan fingerprint density at radius 1 is 1.21 bits per heavy atom. The van der Waals surface area contributed by atoms with Crippen LogP contribution in [0.5, 0.6) is 0 Å². The van der Waals surface area contributed by atoms with E-state index in [-0.39, 0.29) is 29.9 Å². The number of hydrogen-bond donors (Lipinski definition) is 1. The zero-order valence-corrected chi connectivity index (χ0v) is 16.4. The monoisotopic (exact) mass is 393 g/mol. The van der Waals surface area contributed by atoms with Crippen LogP contribution in [0.2, 0.25) is 0 Å². The van der Waals surface area contributed by atoms with Gasteiger partial charge in [0.25, 0.3) is 5.56 Å². The number of amides is 1. The average molecular weight is 393 g/mol. The molecule has 1 N–H and O–H groups in total. The van der Waals surface area contributed by atoms with Gasteiger partial charge in [-0.2, -0.15) is 0 Å². The second-order valence-corrected chi connectivity index (χ2v) is 7.79. The summed E-state index contributed by atoms with van der Waals surface area (Å²) in [5, 5.41) is 3.59. The fourth-order valence-electron chi connectivity index (χ4n) is 4.26. The summed E-state index contributed by atoms with van der Waals surface area (Å²) in [6.45, 7) is 1.81. The summed E-state index contributed by atoms with van der Waals surface area (Å²) in [5.41, 5.74) is 2.25. The van der Waals surface area contributed by atoms with E-state index in [1.807, 2.05) is 19.1 Å². The number of halogens is 1. The molecule has 5 nitrogen and oxygen atoms in total. The first-order chi connectivity index (χ1) is 14.0. The predicted molar refractivity (Wildman–Crippen MR) is 110 cm³/mol. The zero-order valence-electron chi connectivity index (χ0n) is 16.4. The Hall–Kier alpha value is -3.02. The molecule has 150 valence electrons. The van der Waals surface area contributed by atoms with E-state index in [9.17, 15) is 14.0 Å². The third-order valence-corrected chi connectivity index (χ3v) is 5.79. The van der Waals surface area contributed by atoms with E-state index < -0.39 is 0 Å². The first kappa shape index (κ1) is 19.3. The van der Waals surface area contributed by atoms with Crippen LogP contribution < -0.4 is 10.9 Å². The van der Waals surface area contributed by atoms with E-state index in [1.165, 1.54) is 23.0 Å². The summed E-state index contributed by atoms with van der Waals surface area (Å²) < 4.78 is 14.7. The second kappa shape index (κ2) is 8.15. The van der Waals surface area contributed by atoms with Crippen LogP contribution in [0.4, 0.5) is 4.39 Å². The molecule has 0 unspecified atom stereocenters. The van der Waals surface area contributed by atoms with Crippen LogP contribution in [-0.4, -0.2) is 15.5 Å². The van der Waals surface area contributed by atoms with Gasteiger partial charge < -0.3 is 5.32 Å². The summed E-state index contributed by atoms with van der Waals surface area (Å²) in [6.07, 6.45) is 5.75. The van der Waals surface area contributed by atoms with Crippen molar-refractivity contribution in [2.45, 2.75) is 45.2 Å². The molecule has 0 aliphatic heterocycles. The summed E-state index contributed by atoms with van der Waals surface area (Å²) >= 11 is 0. The van der Waals surface area contributed by atoms with Gasteiger partial charge in [0, 0.05) is 0 Å². The smallest absolute Gasteiger partial charge is 0.261 e. The molecule has 1 saturated carbocycles. The van der Waals surface area contributed by atoms with Gasteiger partial charge in [0.15, 0.2) is 0 Å². The molecule has 2 aromatic carbocycles. The van der Waals surface area contributed by atoms with Crippen LogP contribution in [0.1, 0.15) is 42.9 Å². The number of benzene rings is 2. The summed E-state index contributed by atoms with van der Waals surface area (Å²) in [5.74, 6) is -0.227. The van der Waals surface area contributed by atoms with Gasteiger partial charge in [0.05, 0.1) is 23.3 Å². The van der Waals surface area contributed by atoms with Crippen molar-refractivity contribution in [2.75, 3.05) is 0 Å². The predicted octanol–water partition coefficient (Wildman–Crippen LogP) is 3.89. The maximum absolute atomic E-state index is 13.3. The van der Waals surface area contributed by atoms with Gasteiger partial charge in [-0.25, -0.2) is 9.37 Å². The minimum atomic E-state index is -0.297. The van der Waals surface area contributed by atoms with Gasteiger partial charge in [-0.15, -0.1) is 0 Å². The maximum atomic E-state index is 13.3. The first-order valence-corrected chi connectivity index (χ1v) is 10.0. The molecule has 1 amide bonds. The molecule has 1 aromatic heterocycles. The highest BCUT2D eigenvalue weighted by Crippen LogP contribution is 2.35. The van der Waals surface area contributed by atoms with Crippen LogP contribution in [-0.2, 0) is 11.3 Å². The van der Waals surface area contributed by atoms with E-state index in [4.69, 9.17) is 0 Å². The molecule has 1 aliphatic carbocycles. The number of aryl methyl sites for hydroxylation is 1. The Morgan fingerprint density at radius 2 is 1.93 bits per heavy atom. The second-order valence-electron chi connectivity index (χ2n) is 7.79. The summed E-state index contributed by atoms with van der Waals surface area (Å²) in [6, 6.07) is 11.6. The van der Waals surface area contributed by atoms with Crippen molar-refractivity contribution < 1.29 is 9.18 Å². The van der Waals surface area contributed by atoms with Gasteiger partial charge in [-0.1, -0.05) is 37.1 Å². The van der Waals surface area contributed by atoms with Crippen LogP contribution in [0.15, 0.2) is 53.6 Å². The van der Waals surface area contributed by atoms with E-state index >= 15 is 0 Å². The number of carbonyl (C=O) groups excluding carboxylic acids is 1. The standard InChI is InChI=1S/C23H24FN3O2/c1-15-5-4-8-19-21(15)25-14-27(23(19)29)13-20(28)26-22(16-6-2-3-7-16)17-9-11-18(24)12-10-17/h4-5,8-12,14,16,22H,2-3,6-7,13H2,1H3,(H,26,28)/t22-/m0/s1. The quantitative estimate of drug-likeness (QED) is 0.715. The molecule has 0 bridgehead atoms. The lowest BCUT2D eigenvalue weighted by Crippen LogP contribution is -2.37. The molecule has 1 heterocycles. The Morgan fingerprint density at radius 3 is 2.66 bits per heavy atom. The zero-order chi connectivity index (χ0) is 20.4. The molecule has 3 aromatic rings. The highest BCUT2D eigenvalue weighted by molar-refractivity contribution is 5.81. The molecule has 1 aliphatic rings. The lowest BCUT2D eigenvalue weighted by atomic mass is 9.91. The molecule has 29 heavy (non-hydrogen) atoms. The normalized spacial score (nSPS) is 15.5. The van der Waals surface area contributed by atoms with Crippen molar-refractivity contribution in [3.63, 3.8) is 0 Å². The molecule has 1 fully saturated rings. The van der Waals surface area contributed by atoms with Crippen molar-refractivity contribution in [3.05, 3.63) is 76.1 Å². The van der Waals surface area contributed by atoms with Crippen LogP contribution in [0.25, 0.3) is 10.9 Å². The molecule has 4 rings (SSSR count). The number of fused-ring (bicyclic) bond motifs is 1. The van der Waals surface area contributed by atoms with E-state index in [0.717, 1.165) is 36.8 Å². The number of para-hydroxylation sites is 1. The Labute approximate surface area is 168 Å². The molecule has 6 heteroatoms. The average Bonchev–Trinajstić information content (AvgIpc) is 3.24. The van der Waals surface area contributed by atoms with Crippen LogP contribution in [0, 0.1) is 18.7 Å². The van der Waals surface area contributed by atoms with Crippen molar-refractivity contribution in [3.8, 4) is 0 Å². The minimum Gasteiger partial charge on any atom is -0.347 e. The number of nitrogens with zero attached hydrogens (tertiary/aromatic N) is 2. The molecule has 0 radical (unpaired) electrons. The molecular formula is C23H24FN3O2. The molecule has 0 saturated heterocycles. The van der Waals surface area contributed by atoms with Gasteiger partial charge in [0.1, 0.15) is 12.4 Å². The van der Waals surface area contributed by atoms with Gasteiger partial charge in [-0.3, -0.25) is 14.2 Å². The van der Waals surface area contributed by atoms with Crippen molar-refractivity contribution in [1.29, 1.82) is 0 Å². The third kappa shape index (κ3) is 4.06. The molecule has 0 spiro atoms. The topological polar surface area (TPSA) is 64.0 Å². The number of hydrogen-bond acceptors (Lipinski definition) is 3. The van der Waals surface area contributed by atoms with Gasteiger partial charge in [0.2, 0.25) is 5.91 Å². The first-order valence-electron chi connectivity index (χ1n) is 10.0. The SMILES string of the molecule is Cc1cccc2c(=O)n(CC(=O)N[C@H](c3ccc(F)cc3)C3CCCC3)cnc12. The lowest BCUT2D eigenvalue weighted by molar-refractivity contribution is -0.122. The number of nitrogens with one attached hydrogen (secondary N) is 1. The minimum absolute atomic E-state index is 0.0971. The lowest BCUT2D eigenvalue weighted by Gasteiger charge is -2.25. The van der Waals surface area contributed by atoms with E-state index in [1.54, 1.807) is 18.2 Å². The van der Waals surface area contributed by atoms with E-state index in [2.05, 4.69) is 10.3 Å². The Balaban J connectivity index is 1.57. The molecule has 1 atom stereocenters. The van der Waals surface area contributed by atoms with Crippen molar-refractivity contribution in [2.24, 2.45) is 5.92 Å². The molecular weight excluding hydrogens is 369 g/mol. The van der Waals surface area contributed by atoms with Gasteiger partial charge >= 0.3 is 0 Å². The summed E-state index contributed by atoms with van der Waals surface area (Å²) in [7, 11) is 0. The van der Waals surface area contributed by atoms with Crippen LogP contribution in [0.3, 0.4) is 0 Å². The third-order valence-electron chi connectivity index (χ3n) is 5.79. The number of carbonyl (C=O) groups is 1. The number of aromatic nitrogens is 2. The fraction of sp³-hybridized carbons (Fsp3) is 0.348. The fourth-order valence-corrected chi connectivity index (χ4v) is 4.26. The van der Waals surface area contributed by atoms with Gasteiger partial charge in [-0.05, 0) is 55.0 Å². The summed E-state index contributed by atoms with van der Waals surface area (Å²) in [4.78, 5) is 29.9.